The summed E-state index contributed by atoms with van der Waals surface area (Å²) in [6.45, 7) is 3.96. The summed E-state index contributed by atoms with van der Waals surface area (Å²) in [6.07, 6.45) is 2.41. The summed E-state index contributed by atoms with van der Waals surface area (Å²) in [4.78, 5) is 4.35. The van der Waals surface area contributed by atoms with E-state index in [1.807, 2.05) is 33.0 Å². The highest BCUT2D eigenvalue weighted by Gasteiger charge is 2.17. The van der Waals surface area contributed by atoms with Crippen molar-refractivity contribution >= 4 is 11.6 Å². The largest absolute Gasteiger partial charge is 0.322 e. The van der Waals surface area contributed by atoms with Crippen LogP contribution in [0.15, 0.2) is 18.3 Å². The predicted molar refractivity (Wildman–Crippen MR) is 72.6 cm³/mol. The Bertz CT molecular complexity index is 562. The lowest BCUT2D eigenvalue weighted by Gasteiger charge is -2.13. The van der Waals surface area contributed by atoms with E-state index in [0.717, 1.165) is 22.5 Å². The van der Waals surface area contributed by atoms with Crippen molar-refractivity contribution in [2.24, 2.45) is 12.8 Å². The average molecular weight is 265 g/mol. The molecule has 4 nitrogen and oxygen atoms in total. The molecule has 18 heavy (non-hydrogen) atoms. The van der Waals surface area contributed by atoms with Crippen molar-refractivity contribution < 1.29 is 0 Å². The summed E-state index contributed by atoms with van der Waals surface area (Å²) in [6, 6.07) is 3.76. The molecule has 2 aromatic rings. The molecule has 0 saturated carbocycles. The zero-order valence-electron chi connectivity index (χ0n) is 10.8. The first kappa shape index (κ1) is 13.1. The van der Waals surface area contributed by atoms with Crippen LogP contribution in [0.2, 0.25) is 5.15 Å². The molecule has 0 bridgehead atoms. The molecule has 0 amide bonds. The van der Waals surface area contributed by atoms with Gasteiger partial charge in [0, 0.05) is 18.8 Å². The van der Waals surface area contributed by atoms with Crippen LogP contribution in [0.1, 0.15) is 28.6 Å². The number of aryl methyl sites for hydroxylation is 3. The molecule has 2 heterocycles. The highest BCUT2D eigenvalue weighted by Crippen LogP contribution is 2.24. The van der Waals surface area contributed by atoms with Crippen molar-refractivity contribution in [2.45, 2.75) is 26.3 Å². The van der Waals surface area contributed by atoms with E-state index in [1.54, 1.807) is 10.9 Å². The van der Waals surface area contributed by atoms with Crippen LogP contribution in [0.4, 0.5) is 0 Å². The van der Waals surface area contributed by atoms with E-state index in [-0.39, 0.29) is 6.04 Å². The molecule has 1 atom stereocenters. The van der Waals surface area contributed by atoms with Gasteiger partial charge in [0.15, 0.2) is 0 Å². The van der Waals surface area contributed by atoms with Crippen molar-refractivity contribution in [2.75, 3.05) is 0 Å². The molecule has 2 N–H and O–H groups in total. The van der Waals surface area contributed by atoms with Gasteiger partial charge in [0.05, 0.1) is 17.4 Å². The molecule has 1 unspecified atom stereocenters. The number of nitrogens with two attached hydrogens (primary N) is 1. The van der Waals surface area contributed by atoms with Crippen molar-refractivity contribution in [3.05, 3.63) is 46.0 Å². The molecule has 0 saturated heterocycles. The van der Waals surface area contributed by atoms with Crippen molar-refractivity contribution in [3.8, 4) is 0 Å². The second-order valence-electron chi connectivity index (χ2n) is 4.49. The van der Waals surface area contributed by atoms with Gasteiger partial charge >= 0.3 is 0 Å². The lowest BCUT2D eigenvalue weighted by Crippen LogP contribution is -2.16. The summed E-state index contributed by atoms with van der Waals surface area (Å²) in [7, 11) is 1.83. The third-order valence-electron chi connectivity index (χ3n) is 3.10. The number of hydrogen-bond acceptors (Lipinski definition) is 3. The second kappa shape index (κ2) is 5.08. The molecule has 0 spiro atoms. The summed E-state index contributed by atoms with van der Waals surface area (Å²) >= 11 is 6.21. The van der Waals surface area contributed by atoms with Gasteiger partial charge in [0.25, 0.3) is 0 Å². The predicted octanol–water partition coefficient (Wildman–Crippen LogP) is 2.33. The van der Waals surface area contributed by atoms with Crippen LogP contribution in [-0.4, -0.2) is 14.8 Å². The molecule has 5 heteroatoms. The van der Waals surface area contributed by atoms with E-state index >= 15 is 0 Å². The maximum absolute atomic E-state index is 6.22. The van der Waals surface area contributed by atoms with Gasteiger partial charge in [-0.3, -0.25) is 9.67 Å². The van der Waals surface area contributed by atoms with Gasteiger partial charge in [-0.2, -0.15) is 5.10 Å². The number of nitrogens with zero attached hydrogens (tertiary/aromatic N) is 3. The average Bonchev–Trinajstić information content (AvgIpc) is 2.56. The standard InChI is InChI=1S/C13H17ClN4/c1-8-5-4-6-16-12(8)11(15)7-10-9(2)17-18(3)13(10)14/h4-6,11H,7,15H2,1-3H3. The Hall–Kier alpha value is -1.39. The first-order valence-corrected chi connectivity index (χ1v) is 6.23. The van der Waals surface area contributed by atoms with Crippen LogP contribution in [0.5, 0.6) is 0 Å². The summed E-state index contributed by atoms with van der Waals surface area (Å²) < 4.78 is 1.67. The van der Waals surface area contributed by atoms with E-state index in [1.165, 1.54) is 0 Å². The van der Waals surface area contributed by atoms with Gasteiger partial charge in [0.1, 0.15) is 5.15 Å². The molecule has 0 aliphatic rings. The van der Waals surface area contributed by atoms with E-state index < -0.39 is 0 Å². The quantitative estimate of drug-likeness (QED) is 0.926. The second-order valence-corrected chi connectivity index (χ2v) is 4.85. The normalized spacial score (nSPS) is 12.7. The zero-order valence-corrected chi connectivity index (χ0v) is 11.6. The minimum Gasteiger partial charge on any atom is -0.322 e. The van der Waals surface area contributed by atoms with Gasteiger partial charge in [-0.25, -0.2) is 0 Å². The van der Waals surface area contributed by atoms with E-state index in [0.29, 0.717) is 11.6 Å². The molecule has 0 aromatic carbocycles. The molecule has 2 aromatic heterocycles. The van der Waals surface area contributed by atoms with E-state index in [9.17, 15) is 0 Å². The van der Waals surface area contributed by atoms with Crippen LogP contribution in [-0.2, 0) is 13.5 Å². The third-order valence-corrected chi connectivity index (χ3v) is 3.57. The van der Waals surface area contributed by atoms with Crippen molar-refractivity contribution in [1.29, 1.82) is 0 Å². The number of pyridine rings is 1. The molecule has 0 aliphatic carbocycles. The van der Waals surface area contributed by atoms with Crippen LogP contribution in [0, 0.1) is 13.8 Å². The van der Waals surface area contributed by atoms with E-state index in [4.69, 9.17) is 17.3 Å². The molecule has 96 valence electrons. The third kappa shape index (κ3) is 2.40. The fraction of sp³-hybridized carbons (Fsp3) is 0.385. The minimum absolute atomic E-state index is 0.161. The fourth-order valence-electron chi connectivity index (χ4n) is 2.11. The topological polar surface area (TPSA) is 56.7 Å². The highest BCUT2D eigenvalue weighted by molar-refractivity contribution is 6.30. The molecule has 0 radical (unpaired) electrons. The maximum atomic E-state index is 6.22. The number of hydrogen-bond donors (Lipinski definition) is 1. The number of rotatable bonds is 3. The molecular formula is C13H17ClN4. The fourth-order valence-corrected chi connectivity index (χ4v) is 2.36. The monoisotopic (exact) mass is 264 g/mol. The van der Waals surface area contributed by atoms with Gasteiger partial charge in [0.2, 0.25) is 0 Å². The van der Waals surface area contributed by atoms with Gasteiger partial charge < -0.3 is 5.73 Å². The number of halogens is 1. The minimum atomic E-state index is -0.161. The Morgan fingerprint density at radius 3 is 2.72 bits per heavy atom. The van der Waals surface area contributed by atoms with Crippen LogP contribution >= 0.6 is 11.6 Å². The van der Waals surface area contributed by atoms with E-state index in [2.05, 4.69) is 10.1 Å². The first-order chi connectivity index (χ1) is 8.50. The molecular weight excluding hydrogens is 248 g/mol. The summed E-state index contributed by atoms with van der Waals surface area (Å²) in [5.41, 5.74) is 10.1. The Kier molecular flexibility index (Phi) is 3.68. The SMILES string of the molecule is Cc1cccnc1C(N)Cc1c(C)nn(C)c1Cl. The summed E-state index contributed by atoms with van der Waals surface area (Å²) in [5, 5.41) is 4.94. The Morgan fingerprint density at radius 2 is 2.17 bits per heavy atom. The van der Waals surface area contributed by atoms with Gasteiger partial charge in [-0.05, 0) is 31.9 Å². The zero-order chi connectivity index (χ0) is 13.3. The van der Waals surface area contributed by atoms with Crippen LogP contribution in [0.25, 0.3) is 0 Å². The highest BCUT2D eigenvalue weighted by atomic mass is 35.5. The van der Waals surface area contributed by atoms with Crippen molar-refractivity contribution in [3.63, 3.8) is 0 Å². The van der Waals surface area contributed by atoms with Crippen molar-refractivity contribution in [1.82, 2.24) is 14.8 Å². The Balaban J connectivity index is 2.27. The maximum Gasteiger partial charge on any atom is 0.130 e. The first-order valence-electron chi connectivity index (χ1n) is 5.85. The summed E-state index contributed by atoms with van der Waals surface area (Å²) in [5.74, 6) is 0. The Morgan fingerprint density at radius 1 is 1.44 bits per heavy atom. The Labute approximate surface area is 112 Å². The molecule has 2 rings (SSSR count). The lowest BCUT2D eigenvalue weighted by molar-refractivity contribution is 0.687. The molecule has 0 aliphatic heterocycles. The lowest BCUT2D eigenvalue weighted by atomic mass is 10.0. The number of aromatic nitrogens is 3. The molecule has 0 fully saturated rings. The van der Waals surface area contributed by atoms with Gasteiger partial charge in [-0.1, -0.05) is 17.7 Å². The van der Waals surface area contributed by atoms with Crippen LogP contribution < -0.4 is 5.73 Å². The van der Waals surface area contributed by atoms with Gasteiger partial charge in [-0.15, -0.1) is 0 Å². The smallest absolute Gasteiger partial charge is 0.130 e. The van der Waals surface area contributed by atoms with Crippen LogP contribution in [0.3, 0.4) is 0 Å².